The van der Waals surface area contributed by atoms with Gasteiger partial charge in [-0.05, 0) is 18.2 Å². The number of aromatic nitrogens is 1. The fourth-order valence-electron chi connectivity index (χ4n) is 1.58. The molecule has 3 nitrogen and oxygen atoms in total. The van der Waals surface area contributed by atoms with Crippen LogP contribution in [0.1, 0.15) is 10.4 Å². The van der Waals surface area contributed by atoms with Gasteiger partial charge in [0.1, 0.15) is 5.15 Å². The first kappa shape index (κ1) is 14.4. The maximum atomic E-state index is 11.2. The molecule has 0 atom stereocenters. The highest BCUT2D eigenvalue weighted by molar-refractivity contribution is 6.44. The molecule has 0 aliphatic rings. The summed E-state index contributed by atoms with van der Waals surface area (Å²) in [6, 6.07) is 4.22. The van der Waals surface area contributed by atoms with Gasteiger partial charge in [0.15, 0.2) is 0 Å². The van der Waals surface area contributed by atoms with Crippen LogP contribution in [0.4, 0.5) is 0 Å². The number of carboxylic acids is 1. The average molecular weight is 337 g/mol. The molecule has 0 aliphatic carbocycles. The molecule has 1 heterocycles. The number of carbonyl (C=O) groups is 1. The molecule has 0 fully saturated rings. The molecule has 0 radical (unpaired) electrons. The van der Waals surface area contributed by atoms with E-state index in [1.807, 2.05) is 0 Å². The van der Waals surface area contributed by atoms with E-state index >= 15 is 0 Å². The molecule has 0 aliphatic heterocycles. The standard InChI is InChI=1S/C12H5Cl4NO2/c13-7-4-9(15)8(14)3-6(7)10-5(12(18)19)1-2-17-11(10)16/h1-4H,(H,18,19). The largest absolute Gasteiger partial charge is 0.478 e. The molecule has 2 rings (SSSR count). The van der Waals surface area contributed by atoms with E-state index in [1.54, 1.807) is 0 Å². The fraction of sp³-hybridized carbons (Fsp3) is 0. The number of aromatic carboxylic acids is 1. The van der Waals surface area contributed by atoms with Crippen LogP contribution in [0, 0.1) is 0 Å². The molecule has 1 aromatic carbocycles. The zero-order valence-corrected chi connectivity index (χ0v) is 12.1. The second-order valence-electron chi connectivity index (χ2n) is 3.58. The predicted octanol–water partition coefficient (Wildman–Crippen LogP) is 5.06. The first-order valence-electron chi connectivity index (χ1n) is 4.94. The third-order valence-corrected chi connectivity index (χ3v) is 3.74. The number of hydrogen-bond acceptors (Lipinski definition) is 2. The molecule has 19 heavy (non-hydrogen) atoms. The molecule has 2 aromatic rings. The van der Waals surface area contributed by atoms with E-state index in [1.165, 1.54) is 24.4 Å². The summed E-state index contributed by atoms with van der Waals surface area (Å²) in [6.07, 6.45) is 1.31. The van der Waals surface area contributed by atoms with Gasteiger partial charge in [-0.1, -0.05) is 46.4 Å². The van der Waals surface area contributed by atoms with Gasteiger partial charge in [0.25, 0.3) is 0 Å². The Bertz CT molecular complexity index is 673. The highest BCUT2D eigenvalue weighted by atomic mass is 35.5. The summed E-state index contributed by atoms with van der Waals surface area (Å²) in [5.41, 5.74) is 0.562. The van der Waals surface area contributed by atoms with Crippen LogP contribution in [-0.2, 0) is 0 Å². The Balaban J connectivity index is 2.79. The van der Waals surface area contributed by atoms with Crippen molar-refractivity contribution in [3.8, 4) is 11.1 Å². The van der Waals surface area contributed by atoms with Crippen molar-refractivity contribution < 1.29 is 9.90 Å². The van der Waals surface area contributed by atoms with Crippen LogP contribution in [0.25, 0.3) is 11.1 Å². The minimum atomic E-state index is -1.14. The Kier molecular flexibility index (Phi) is 4.21. The average Bonchev–Trinajstić information content (AvgIpc) is 2.34. The van der Waals surface area contributed by atoms with Crippen molar-refractivity contribution in [3.05, 3.63) is 50.2 Å². The van der Waals surface area contributed by atoms with E-state index in [0.29, 0.717) is 5.56 Å². The van der Waals surface area contributed by atoms with Gasteiger partial charge in [0.05, 0.1) is 20.6 Å². The van der Waals surface area contributed by atoms with Gasteiger partial charge in [-0.25, -0.2) is 9.78 Å². The molecular weight excluding hydrogens is 332 g/mol. The van der Waals surface area contributed by atoms with Gasteiger partial charge in [-0.15, -0.1) is 0 Å². The predicted molar refractivity (Wildman–Crippen MR) is 76.7 cm³/mol. The van der Waals surface area contributed by atoms with Gasteiger partial charge < -0.3 is 5.11 Å². The molecule has 0 amide bonds. The third kappa shape index (κ3) is 2.79. The number of benzene rings is 1. The molecule has 1 N–H and O–H groups in total. The highest BCUT2D eigenvalue weighted by Gasteiger charge is 2.19. The number of halogens is 4. The Hall–Kier alpha value is -1.000. The van der Waals surface area contributed by atoms with Crippen molar-refractivity contribution in [2.24, 2.45) is 0 Å². The van der Waals surface area contributed by atoms with Crippen molar-refractivity contribution in [2.75, 3.05) is 0 Å². The van der Waals surface area contributed by atoms with Crippen molar-refractivity contribution in [2.45, 2.75) is 0 Å². The lowest BCUT2D eigenvalue weighted by molar-refractivity contribution is 0.0697. The maximum Gasteiger partial charge on any atom is 0.336 e. The molecule has 0 saturated carbocycles. The monoisotopic (exact) mass is 335 g/mol. The van der Waals surface area contributed by atoms with Crippen LogP contribution in [-0.4, -0.2) is 16.1 Å². The fourth-order valence-corrected chi connectivity index (χ4v) is 2.49. The van der Waals surface area contributed by atoms with E-state index in [9.17, 15) is 9.90 Å². The molecular formula is C12H5Cl4NO2. The molecule has 98 valence electrons. The van der Waals surface area contributed by atoms with E-state index in [4.69, 9.17) is 46.4 Å². The van der Waals surface area contributed by atoms with Crippen molar-refractivity contribution >= 4 is 52.4 Å². The number of carboxylic acid groups (broad SMARTS) is 1. The summed E-state index contributed by atoms with van der Waals surface area (Å²) in [5.74, 6) is -1.14. The van der Waals surface area contributed by atoms with Gasteiger partial charge >= 0.3 is 5.97 Å². The topological polar surface area (TPSA) is 50.2 Å². The summed E-state index contributed by atoms with van der Waals surface area (Å²) in [4.78, 5) is 15.1. The maximum absolute atomic E-state index is 11.2. The number of hydrogen-bond donors (Lipinski definition) is 1. The van der Waals surface area contributed by atoms with Gasteiger partial charge in [-0.2, -0.15) is 0 Å². The SMILES string of the molecule is O=C(O)c1ccnc(Cl)c1-c1cc(Cl)c(Cl)cc1Cl. The Morgan fingerprint density at radius 2 is 1.68 bits per heavy atom. The second kappa shape index (κ2) is 5.55. The molecule has 7 heteroatoms. The quantitative estimate of drug-likeness (QED) is 0.616. The minimum absolute atomic E-state index is 0.0136. The first-order chi connectivity index (χ1) is 8.91. The molecule has 0 saturated heterocycles. The summed E-state index contributed by atoms with van der Waals surface area (Å²) in [6.45, 7) is 0. The van der Waals surface area contributed by atoms with Crippen molar-refractivity contribution in [1.82, 2.24) is 4.98 Å². The van der Waals surface area contributed by atoms with Crippen LogP contribution >= 0.6 is 46.4 Å². The van der Waals surface area contributed by atoms with Crippen LogP contribution in [0.15, 0.2) is 24.4 Å². The highest BCUT2D eigenvalue weighted by Crippen LogP contribution is 2.39. The smallest absolute Gasteiger partial charge is 0.336 e. The lowest BCUT2D eigenvalue weighted by Gasteiger charge is -2.11. The van der Waals surface area contributed by atoms with Gasteiger partial charge in [0.2, 0.25) is 0 Å². The lowest BCUT2D eigenvalue weighted by atomic mass is 10.0. The Morgan fingerprint density at radius 1 is 1.05 bits per heavy atom. The Labute approximate surface area is 128 Å². The molecule has 1 aromatic heterocycles. The number of nitrogens with zero attached hydrogens (tertiary/aromatic N) is 1. The van der Waals surface area contributed by atoms with Crippen molar-refractivity contribution in [1.29, 1.82) is 0 Å². The minimum Gasteiger partial charge on any atom is -0.478 e. The Morgan fingerprint density at radius 3 is 2.32 bits per heavy atom. The summed E-state index contributed by atoms with van der Waals surface area (Å²) < 4.78 is 0. The zero-order chi connectivity index (χ0) is 14.2. The number of pyridine rings is 1. The summed E-state index contributed by atoms with van der Waals surface area (Å²) in [5, 5.41) is 9.97. The molecule has 0 spiro atoms. The summed E-state index contributed by atoms with van der Waals surface area (Å²) >= 11 is 23.8. The molecule has 0 unspecified atom stereocenters. The lowest BCUT2D eigenvalue weighted by Crippen LogP contribution is -2.01. The number of rotatable bonds is 2. The van der Waals surface area contributed by atoms with Gasteiger partial charge in [-0.3, -0.25) is 0 Å². The normalized spacial score (nSPS) is 10.5. The van der Waals surface area contributed by atoms with Crippen LogP contribution in [0.2, 0.25) is 20.2 Å². The van der Waals surface area contributed by atoms with E-state index in [0.717, 1.165) is 0 Å². The van der Waals surface area contributed by atoms with E-state index in [2.05, 4.69) is 4.98 Å². The van der Waals surface area contributed by atoms with Crippen LogP contribution < -0.4 is 0 Å². The zero-order valence-electron chi connectivity index (χ0n) is 9.12. The van der Waals surface area contributed by atoms with Gasteiger partial charge in [0, 0.05) is 17.3 Å². The first-order valence-corrected chi connectivity index (χ1v) is 6.45. The van der Waals surface area contributed by atoms with Crippen LogP contribution in [0.5, 0.6) is 0 Å². The van der Waals surface area contributed by atoms with Crippen molar-refractivity contribution in [3.63, 3.8) is 0 Å². The molecule has 0 bridgehead atoms. The van der Waals surface area contributed by atoms with E-state index < -0.39 is 5.97 Å². The summed E-state index contributed by atoms with van der Waals surface area (Å²) in [7, 11) is 0. The third-order valence-electron chi connectivity index (χ3n) is 2.41. The second-order valence-corrected chi connectivity index (χ2v) is 5.16. The van der Waals surface area contributed by atoms with Crippen LogP contribution in [0.3, 0.4) is 0 Å². The van der Waals surface area contributed by atoms with E-state index in [-0.39, 0.29) is 31.3 Å².